The van der Waals surface area contributed by atoms with Crippen molar-refractivity contribution >= 4 is 59.3 Å². The van der Waals surface area contributed by atoms with Gasteiger partial charge in [-0.1, -0.05) is 0 Å². The number of hydrogen-bond acceptors (Lipinski definition) is 2. The van der Waals surface area contributed by atoms with Crippen LogP contribution in [0.25, 0.3) is 0 Å². The Bertz CT molecular complexity index is 511. The molecule has 0 radical (unpaired) electrons. The van der Waals surface area contributed by atoms with Gasteiger partial charge in [-0.05, 0) is 72.1 Å². The Morgan fingerprint density at radius 3 is 2.47 bits per heavy atom. The van der Waals surface area contributed by atoms with Crippen LogP contribution in [0.15, 0.2) is 43.9 Å². The second-order valence-corrected chi connectivity index (χ2v) is 5.86. The van der Waals surface area contributed by atoms with E-state index in [1.54, 1.807) is 12.3 Å². The maximum Gasteiger partial charge on any atom is 0.144 e. The molecular formula is C11H6Br3FN2. The van der Waals surface area contributed by atoms with Gasteiger partial charge in [0.2, 0.25) is 0 Å². The number of anilines is 2. The Morgan fingerprint density at radius 1 is 1.06 bits per heavy atom. The first-order valence-corrected chi connectivity index (χ1v) is 6.97. The number of nitrogens with one attached hydrogen (secondary N) is 1. The molecule has 0 aliphatic rings. The second kappa shape index (κ2) is 5.46. The van der Waals surface area contributed by atoms with Gasteiger partial charge in [0.25, 0.3) is 0 Å². The number of hydrogen-bond donors (Lipinski definition) is 1. The molecule has 6 heteroatoms. The molecule has 17 heavy (non-hydrogen) atoms. The summed E-state index contributed by atoms with van der Waals surface area (Å²) in [6, 6.07) is 6.32. The lowest BCUT2D eigenvalue weighted by molar-refractivity contribution is 0.627. The summed E-state index contributed by atoms with van der Waals surface area (Å²) >= 11 is 10.0. The molecule has 0 spiro atoms. The van der Waals surface area contributed by atoms with Crippen molar-refractivity contribution in [3.63, 3.8) is 0 Å². The van der Waals surface area contributed by atoms with Crippen LogP contribution in [0.4, 0.5) is 15.9 Å². The minimum Gasteiger partial charge on any atom is -0.338 e. The normalized spacial score (nSPS) is 10.4. The fourth-order valence-electron chi connectivity index (χ4n) is 1.22. The van der Waals surface area contributed by atoms with Gasteiger partial charge in [-0.3, -0.25) is 0 Å². The quantitative estimate of drug-likeness (QED) is 0.712. The molecule has 2 aromatic rings. The Labute approximate surface area is 123 Å². The van der Waals surface area contributed by atoms with Crippen molar-refractivity contribution in [3.05, 3.63) is 49.7 Å². The van der Waals surface area contributed by atoms with Gasteiger partial charge in [0.05, 0.1) is 10.2 Å². The third-order valence-electron chi connectivity index (χ3n) is 1.99. The molecule has 1 aromatic carbocycles. The average Bonchev–Trinajstić information content (AvgIpc) is 2.25. The molecule has 0 bridgehead atoms. The third-order valence-corrected chi connectivity index (χ3v) is 3.69. The van der Waals surface area contributed by atoms with Gasteiger partial charge in [-0.15, -0.1) is 0 Å². The number of pyridine rings is 1. The zero-order valence-corrected chi connectivity index (χ0v) is 13.1. The van der Waals surface area contributed by atoms with Gasteiger partial charge < -0.3 is 5.32 Å². The molecule has 88 valence electrons. The molecule has 2 nitrogen and oxygen atoms in total. The molecular weight excluding hydrogens is 419 g/mol. The van der Waals surface area contributed by atoms with Gasteiger partial charge in [-0.2, -0.15) is 0 Å². The van der Waals surface area contributed by atoms with Crippen molar-refractivity contribution in [3.8, 4) is 0 Å². The molecule has 0 unspecified atom stereocenters. The molecule has 0 aliphatic heterocycles. The highest BCUT2D eigenvalue weighted by atomic mass is 79.9. The number of halogens is 4. The average molecular weight is 425 g/mol. The first kappa shape index (κ1) is 13.0. The largest absolute Gasteiger partial charge is 0.338 e. The summed E-state index contributed by atoms with van der Waals surface area (Å²) in [5, 5.41) is 3.10. The summed E-state index contributed by atoms with van der Waals surface area (Å²) < 4.78 is 15.3. The van der Waals surface area contributed by atoms with Crippen LogP contribution in [0, 0.1) is 5.82 Å². The minimum atomic E-state index is -0.287. The highest BCUT2D eigenvalue weighted by molar-refractivity contribution is 9.11. The molecule has 0 fully saturated rings. The summed E-state index contributed by atoms with van der Waals surface area (Å²) in [4.78, 5) is 4.22. The summed E-state index contributed by atoms with van der Waals surface area (Å²) in [6.45, 7) is 0. The summed E-state index contributed by atoms with van der Waals surface area (Å²) in [5.41, 5.74) is 0.752. The molecule has 1 N–H and O–H groups in total. The van der Waals surface area contributed by atoms with Gasteiger partial charge in [-0.25, -0.2) is 9.37 Å². The fraction of sp³-hybridized carbons (Fsp3) is 0. The van der Waals surface area contributed by atoms with E-state index in [1.807, 2.05) is 6.07 Å². The van der Waals surface area contributed by atoms with E-state index in [0.717, 1.165) is 14.6 Å². The lowest BCUT2D eigenvalue weighted by Gasteiger charge is -2.09. The Balaban J connectivity index is 2.31. The topological polar surface area (TPSA) is 24.9 Å². The standard InChI is InChI=1S/C11H6Br3FN2/c12-6-3-9(14)11(16-5-6)17-10-2-1-7(15)4-8(10)13/h1-5H,(H,16,17). The fourth-order valence-corrected chi connectivity index (χ4v) is 2.76. The van der Waals surface area contributed by atoms with Crippen LogP contribution in [-0.2, 0) is 0 Å². The van der Waals surface area contributed by atoms with E-state index in [9.17, 15) is 4.39 Å². The van der Waals surface area contributed by atoms with Crippen LogP contribution in [0.3, 0.4) is 0 Å². The van der Waals surface area contributed by atoms with Crippen molar-refractivity contribution in [2.24, 2.45) is 0 Å². The van der Waals surface area contributed by atoms with Gasteiger partial charge in [0.15, 0.2) is 0 Å². The smallest absolute Gasteiger partial charge is 0.144 e. The first-order chi connectivity index (χ1) is 8.06. The Morgan fingerprint density at radius 2 is 1.82 bits per heavy atom. The highest BCUT2D eigenvalue weighted by Gasteiger charge is 2.06. The van der Waals surface area contributed by atoms with Crippen molar-refractivity contribution in [2.45, 2.75) is 0 Å². The molecule has 0 saturated heterocycles. The van der Waals surface area contributed by atoms with Crippen molar-refractivity contribution in [2.75, 3.05) is 5.32 Å². The SMILES string of the molecule is Fc1ccc(Nc2ncc(Br)cc2Br)c(Br)c1. The van der Waals surface area contributed by atoms with Crippen molar-refractivity contribution < 1.29 is 4.39 Å². The van der Waals surface area contributed by atoms with Crippen LogP contribution in [0.5, 0.6) is 0 Å². The highest BCUT2D eigenvalue weighted by Crippen LogP contribution is 2.30. The predicted octanol–water partition coefficient (Wildman–Crippen LogP) is 5.25. The zero-order chi connectivity index (χ0) is 12.4. The van der Waals surface area contributed by atoms with E-state index < -0.39 is 0 Å². The lowest BCUT2D eigenvalue weighted by Crippen LogP contribution is -1.95. The van der Waals surface area contributed by atoms with Crippen LogP contribution >= 0.6 is 47.8 Å². The zero-order valence-electron chi connectivity index (χ0n) is 8.35. The van der Waals surface area contributed by atoms with Gasteiger partial charge >= 0.3 is 0 Å². The molecule has 0 atom stereocenters. The number of rotatable bonds is 2. The van der Waals surface area contributed by atoms with E-state index in [-0.39, 0.29) is 5.82 Å². The predicted molar refractivity (Wildman–Crippen MR) is 77.0 cm³/mol. The second-order valence-electron chi connectivity index (χ2n) is 3.23. The number of nitrogens with zero attached hydrogens (tertiary/aromatic N) is 1. The van der Waals surface area contributed by atoms with E-state index in [0.29, 0.717) is 10.3 Å². The Hall–Kier alpha value is -0.460. The minimum absolute atomic E-state index is 0.287. The van der Waals surface area contributed by atoms with E-state index in [4.69, 9.17) is 0 Å². The first-order valence-electron chi connectivity index (χ1n) is 4.59. The third kappa shape index (κ3) is 3.26. The molecule has 0 saturated carbocycles. The van der Waals surface area contributed by atoms with E-state index >= 15 is 0 Å². The van der Waals surface area contributed by atoms with Crippen LogP contribution in [-0.4, -0.2) is 4.98 Å². The summed E-state index contributed by atoms with van der Waals surface area (Å²) in [7, 11) is 0. The van der Waals surface area contributed by atoms with Crippen LogP contribution in [0.2, 0.25) is 0 Å². The molecule has 0 aliphatic carbocycles. The maximum absolute atomic E-state index is 12.9. The molecule has 1 heterocycles. The van der Waals surface area contributed by atoms with Crippen LogP contribution < -0.4 is 5.32 Å². The molecule has 1 aromatic heterocycles. The van der Waals surface area contributed by atoms with Crippen molar-refractivity contribution in [1.29, 1.82) is 0 Å². The number of aromatic nitrogens is 1. The van der Waals surface area contributed by atoms with Gasteiger partial charge in [0, 0.05) is 15.1 Å². The number of benzene rings is 1. The Kier molecular flexibility index (Phi) is 4.17. The van der Waals surface area contributed by atoms with E-state index in [2.05, 4.69) is 58.1 Å². The summed E-state index contributed by atoms with van der Waals surface area (Å²) in [5.74, 6) is 0.380. The maximum atomic E-state index is 12.9. The van der Waals surface area contributed by atoms with Crippen molar-refractivity contribution in [1.82, 2.24) is 4.98 Å². The lowest BCUT2D eigenvalue weighted by atomic mass is 10.3. The molecule has 2 rings (SSSR count). The van der Waals surface area contributed by atoms with Crippen LogP contribution in [0.1, 0.15) is 0 Å². The summed E-state index contributed by atoms with van der Waals surface area (Å²) in [6.07, 6.45) is 1.69. The van der Waals surface area contributed by atoms with E-state index in [1.165, 1.54) is 12.1 Å². The molecule has 0 amide bonds. The monoisotopic (exact) mass is 422 g/mol. The van der Waals surface area contributed by atoms with Gasteiger partial charge in [0.1, 0.15) is 11.6 Å².